The van der Waals surface area contributed by atoms with Crippen molar-refractivity contribution in [3.8, 4) is 6.07 Å². The number of anilines is 1. The summed E-state index contributed by atoms with van der Waals surface area (Å²) in [4.78, 5) is 24.0. The average Bonchev–Trinajstić information content (AvgIpc) is 3.60. The normalized spacial score (nSPS) is 27.6. The molecule has 4 aliphatic rings. The Bertz CT molecular complexity index is 1280. The van der Waals surface area contributed by atoms with Gasteiger partial charge in [0.05, 0.1) is 17.8 Å². The van der Waals surface area contributed by atoms with Crippen LogP contribution in [-0.4, -0.2) is 59.3 Å². The molecule has 8 nitrogen and oxygen atoms in total. The third-order valence-electron chi connectivity index (χ3n) is 8.65. The molecule has 0 bridgehead atoms. The van der Waals surface area contributed by atoms with Gasteiger partial charge in [0.1, 0.15) is 11.9 Å². The van der Waals surface area contributed by atoms with Crippen molar-refractivity contribution in [2.45, 2.75) is 43.9 Å². The van der Waals surface area contributed by atoms with Crippen LogP contribution < -0.4 is 4.90 Å². The molecule has 2 unspecified atom stereocenters. The molecular formula is C30H32FN3O5. The Morgan fingerprint density at radius 2 is 1.64 bits per heavy atom. The first-order valence-electron chi connectivity index (χ1n) is 13.3. The number of fused-ring (bicyclic) bond motifs is 3. The number of hydrogen-bond donors (Lipinski definition) is 2. The Kier molecular flexibility index (Phi) is 7.69. The van der Waals surface area contributed by atoms with Gasteiger partial charge in [-0.05, 0) is 66.8 Å². The van der Waals surface area contributed by atoms with Crippen LogP contribution in [0.3, 0.4) is 0 Å². The zero-order valence-corrected chi connectivity index (χ0v) is 21.6. The second-order valence-corrected chi connectivity index (χ2v) is 10.8. The Balaban J connectivity index is 0.000000339. The van der Waals surface area contributed by atoms with E-state index in [2.05, 4.69) is 34.1 Å². The molecule has 3 fully saturated rings. The fraction of sp³-hybridized carbons (Fsp3) is 0.433. The summed E-state index contributed by atoms with van der Waals surface area (Å²) in [5.41, 5.74) is 3.82. The van der Waals surface area contributed by atoms with Crippen LogP contribution in [0, 0.1) is 29.0 Å². The number of benzene rings is 2. The quantitative estimate of drug-likeness (QED) is 0.564. The molecule has 2 saturated carbocycles. The molecule has 2 atom stereocenters. The predicted octanol–water partition coefficient (Wildman–Crippen LogP) is 4.15. The summed E-state index contributed by atoms with van der Waals surface area (Å²) in [5, 5.41) is 24.6. The minimum atomic E-state index is -1.26. The molecule has 1 spiro atoms. The maximum atomic E-state index is 14.0. The molecule has 39 heavy (non-hydrogen) atoms. The lowest BCUT2D eigenvalue weighted by atomic mass is 9.88. The van der Waals surface area contributed by atoms with Gasteiger partial charge in [0, 0.05) is 50.1 Å². The number of carboxylic acid groups (broad SMARTS) is 2. The van der Waals surface area contributed by atoms with Gasteiger partial charge in [-0.3, -0.25) is 4.90 Å². The Hall–Kier alpha value is -3.74. The molecule has 9 heteroatoms. The fourth-order valence-corrected chi connectivity index (χ4v) is 6.91. The number of rotatable bonds is 4. The number of carboxylic acids is 2. The van der Waals surface area contributed by atoms with E-state index in [4.69, 9.17) is 20.2 Å². The molecule has 2 aliphatic heterocycles. The zero-order chi connectivity index (χ0) is 27.6. The van der Waals surface area contributed by atoms with E-state index in [0.717, 1.165) is 50.3 Å². The molecule has 2 aromatic rings. The van der Waals surface area contributed by atoms with Crippen LogP contribution in [0.5, 0.6) is 0 Å². The second kappa shape index (κ2) is 11.2. The summed E-state index contributed by atoms with van der Waals surface area (Å²) in [5.74, 6) is -1.40. The van der Waals surface area contributed by atoms with E-state index in [1.54, 1.807) is 6.07 Å². The minimum absolute atomic E-state index is 0.0186. The number of nitriles is 1. The van der Waals surface area contributed by atoms with Crippen LogP contribution in [-0.2, 0) is 26.5 Å². The maximum absolute atomic E-state index is 14.0. The van der Waals surface area contributed by atoms with Crippen molar-refractivity contribution in [1.82, 2.24) is 4.90 Å². The highest BCUT2D eigenvalue weighted by atomic mass is 19.1. The van der Waals surface area contributed by atoms with Gasteiger partial charge in [-0.25, -0.2) is 14.0 Å². The van der Waals surface area contributed by atoms with Crippen LogP contribution in [0.2, 0.25) is 0 Å². The van der Waals surface area contributed by atoms with Crippen LogP contribution in [0.15, 0.2) is 54.6 Å². The molecule has 204 valence electrons. The van der Waals surface area contributed by atoms with Crippen LogP contribution in [0.4, 0.5) is 10.1 Å². The first-order chi connectivity index (χ1) is 18.8. The molecule has 0 aromatic heterocycles. The number of halogens is 1. The van der Waals surface area contributed by atoms with Crippen molar-refractivity contribution in [2.24, 2.45) is 11.8 Å². The lowest BCUT2D eigenvalue weighted by molar-refractivity contribution is -0.134. The SMILES string of the molecule is N#Cc1ccc(N2CCN(C3CC4CC5(CC4C3)OCc3ccccc35)CC2)cc1F.O=C(O)/C=C/C(=O)O. The molecule has 1 saturated heterocycles. The molecule has 2 aromatic carbocycles. The number of carbonyl (C=O) groups is 2. The minimum Gasteiger partial charge on any atom is -0.478 e. The van der Waals surface area contributed by atoms with Gasteiger partial charge in [0.2, 0.25) is 0 Å². The second-order valence-electron chi connectivity index (χ2n) is 10.8. The van der Waals surface area contributed by atoms with Gasteiger partial charge < -0.3 is 19.8 Å². The highest BCUT2D eigenvalue weighted by Crippen LogP contribution is 2.58. The van der Waals surface area contributed by atoms with E-state index in [1.165, 1.54) is 42.9 Å². The van der Waals surface area contributed by atoms with Gasteiger partial charge in [0.25, 0.3) is 0 Å². The highest BCUT2D eigenvalue weighted by Gasteiger charge is 2.54. The number of piperazine rings is 1. The standard InChI is InChI=1S/C26H28FN3O.C4H4O4/c27-25-13-22(6-5-18(25)16-28)29-7-9-30(10-8-29)23-11-20-14-26(15-21(20)12-23)24-4-2-1-3-19(24)17-31-26;5-3(6)1-2-4(7)8/h1-6,13,20-21,23H,7-12,14-15,17H2;1-2H,(H,5,6)(H,7,8)/b;2-1+. The predicted molar refractivity (Wildman–Crippen MR) is 141 cm³/mol. The Labute approximate surface area is 226 Å². The number of nitrogens with zero attached hydrogens (tertiary/aromatic N) is 3. The van der Waals surface area contributed by atoms with Gasteiger partial charge in [-0.2, -0.15) is 5.26 Å². The zero-order valence-electron chi connectivity index (χ0n) is 21.6. The van der Waals surface area contributed by atoms with Crippen molar-refractivity contribution < 1.29 is 28.9 Å². The van der Waals surface area contributed by atoms with E-state index in [0.29, 0.717) is 18.2 Å². The number of aliphatic carboxylic acids is 2. The molecule has 2 aliphatic carbocycles. The summed E-state index contributed by atoms with van der Waals surface area (Å²) >= 11 is 0. The Morgan fingerprint density at radius 3 is 2.23 bits per heavy atom. The highest BCUT2D eigenvalue weighted by molar-refractivity contribution is 5.89. The van der Waals surface area contributed by atoms with Gasteiger partial charge >= 0.3 is 11.9 Å². The maximum Gasteiger partial charge on any atom is 0.328 e. The summed E-state index contributed by atoms with van der Waals surface area (Å²) in [6, 6.07) is 16.3. The lowest BCUT2D eigenvalue weighted by Crippen LogP contribution is -2.50. The van der Waals surface area contributed by atoms with E-state index in [9.17, 15) is 14.0 Å². The van der Waals surface area contributed by atoms with Crippen molar-refractivity contribution in [1.29, 1.82) is 5.26 Å². The summed E-state index contributed by atoms with van der Waals surface area (Å²) in [6.07, 6.45) is 6.03. The third-order valence-corrected chi connectivity index (χ3v) is 8.65. The molecule has 6 rings (SSSR count). The van der Waals surface area contributed by atoms with E-state index < -0.39 is 17.8 Å². The van der Waals surface area contributed by atoms with Crippen LogP contribution in [0.1, 0.15) is 42.4 Å². The molecular weight excluding hydrogens is 501 g/mol. The van der Waals surface area contributed by atoms with E-state index >= 15 is 0 Å². The van der Waals surface area contributed by atoms with Crippen molar-refractivity contribution in [3.63, 3.8) is 0 Å². The van der Waals surface area contributed by atoms with Crippen molar-refractivity contribution >= 4 is 17.6 Å². The lowest BCUT2D eigenvalue weighted by Gasteiger charge is -2.39. The summed E-state index contributed by atoms with van der Waals surface area (Å²) in [7, 11) is 0. The van der Waals surface area contributed by atoms with Crippen LogP contribution >= 0.6 is 0 Å². The number of ether oxygens (including phenoxy) is 1. The Morgan fingerprint density at radius 1 is 1.00 bits per heavy atom. The molecule has 2 N–H and O–H groups in total. The number of hydrogen-bond acceptors (Lipinski definition) is 6. The summed E-state index contributed by atoms with van der Waals surface area (Å²) in [6.45, 7) is 4.65. The summed E-state index contributed by atoms with van der Waals surface area (Å²) < 4.78 is 20.4. The van der Waals surface area contributed by atoms with Gasteiger partial charge in [-0.1, -0.05) is 24.3 Å². The largest absolute Gasteiger partial charge is 0.478 e. The first kappa shape index (κ1) is 26.9. The average molecular weight is 534 g/mol. The smallest absolute Gasteiger partial charge is 0.328 e. The molecule has 0 amide bonds. The van der Waals surface area contributed by atoms with Crippen molar-refractivity contribution in [2.75, 3.05) is 31.1 Å². The van der Waals surface area contributed by atoms with E-state index in [1.807, 2.05) is 12.1 Å². The van der Waals surface area contributed by atoms with Gasteiger partial charge in [0.15, 0.2) is 0 Å². The topological polar surface area (TPSA) is 114 Å². The third kappa shape index (κ3) is 5.68. The van der Waals surface area contributed by atoms with Crippen LogP contribution in [0.25, 0.3) is 0 Å². The first-order valence-corrected chi connectivity index (χ1v) is 13.3. The van der Waals surface area contributed by atoms with E-state index in [-0.39, 0.29) is 11.2 Å². The van der Waals surface area contributed by atoms with Crippen molar-refractivity contribution in [3.05, 3.63) is 77.1 Å². The van der Waals surface area contributed by atoms with Gasteiger partial charge in [-0.15, -0.1) is 0 Å². The fourth-order valence-electron chi connectivity index (χ4n) is 6.91. The molecule has 2 heterocycles. The monoisotopic (exact) mass is 533 g/mol. The molecule has 0 radical (unpaired) electrons.